The smallest absolute Gasteiger partial charge is 0.357 e. The first-order valence-electron chi connectivity index (χ1n) is 10.6. The zero-order chi connectivity index (χ0) is 23.5. The predicted octanol–water partition coefficient (Wildman–Crippen LogP) is 4.57. The number of nitrogens with zero attached hydrogens (tertiary/aromatic N) is 3. The lowest BCUT2D eigenvalue weighted by Gasteiger charge is -2.38. The third-order valence-electron chi connectivity index (χ3n) is 5.37. The van der Waals surface area contributed by atoms with E-state index in [0.717, 1.165) is 15.8 Å². The summed E-state index contributed by atoms with van der Waals surface area (Å²) in [7, 11) is 0. The lowest BCUT2D eigenvalue weighted by Crippen LogP contribution is -2.55. The molecule has 2 aromatic heterocycles. The van der Waals surface area contributed by atoms with Gasteiger partial charge in [0, 0.05) is 23.3 Å². The van der Waals surface area contributed by atoms with Crippen LogP contribution in [0.1, 0.15) is 20.8 Å². The van der Waals surface area contributed by atoms with Gasteiger partial charge < -0.3 is 14.4 Å². The lowest BCUT2D eigenvalue weighted by atomic mass is 10.1. The summed E-state index contributed by atoms with van der Waals surface area (Å²) in [5.41, 5.74) is 1.54. The molecule has 0 aliphatic carbocycles. The monoisotopic (exact) mass is 474 g/mol. The molecule has 0 bridgehead atoms. The van der Waals surface area contributed by atoms with Gasteiger partial charge >= 0.3 is 5.97 Å². The van der Waals surface area contributed by atoms with Crippen LogP contribution in [-0.4, -0.2) is 45.9 Å². The second kappa shape index (κ2) is 9.48. The Morgan fingerprint density at radius 1 is 1.00 bits per heavy atom. The number of carbonyl (C=O) groups excluding carboxylic acids is 2. The summed E-state index contributed by atoms with van der Waals surface area (Å²) < 4.78 is 23.1. The van der Waals surface area contributed by atoms with Crippen molar-refractivity contribution in [2.45, 2.75) is 11.0 Å². The topological polar surface area (TPSA) is 84.4 Å². The van der Waals surface area contributed by atoms with Crippen molar-refractivity contribution >= 4 is 40.4 Å². The second-order valence-corrected chi connectivity index (χ2v) is 8.53. The summed E-state index contributed by atoms with van der Waals surface area (Å²) >= 11 is 1.26. The molecule has 7 nitrogen and oxygen atoms in total. The van der Waals surface area contributed by atoms with Crippen LogP contribution < -0.4 is 4.72 Å². The minimum absolute atomic E-state index is 0.217. The minimum Gasteiger partial charge on any atom is -0.454 e. The first kappa shape index (κ1) is 21.8. The number of amides is 1. The molecule has 1 amide bonds. The summed E-state index contributed by atoms with van der Waals surface area (Å²) in [6.07, 6.45) is 2.82. The molecule has 1 aliphatic rings. The second-order valence-electron chi connectivity index (χ2n) is 7.68. The number of halogens is 1. The van der Waals surface area contributed by atoms with Crippen molar-refractivity contribution in [3.05, 3.63) is 96.2 Å². The van der Waals surface area contributed by atoms with Gasteiger partial charge in [-0.05, 0) is 54.4 Å². The quantitative estimate of drug-likeness (QED) is 0.324. The molecule has 5 rings (SSSR count). The van der Waals surface area contributed by atoms with E-state index in [2.05, 4.69) is 14.7 Å². The van der Waals surface area contributed by atoms with Crippen LogP contribution in [-0.2, 0) is 4.74 Å². The molecular weight excluding hydrogens is 455 g/mol. The maximum Gasteiger partial charge on any atom is 0.357 e. The van der Waals surface area contributed by atoms with E-state index in [1.54, 1.807) is 30.5 Å². The summed E-state index contributed by atoms with van der Waals surface area (Å²) in [5.74, 6) is -1.38. The van der Waals surface area contributed by atoms with E-state index in [1.165, 1.54) is 35.2 Å². The third kappa shape index (κ3) is 4.55. The average Bonchev–Trinajstić information content (AvgIpc) is 2.85. The molecule has 1 aliphatic heterocycles. The van der Waals surface area contributed by atoms with E-state index in [0.29, 0.717) is 0 Å². The van der Waals surface area contributed by atoms with Gasteiger partial charge in [0.05, 0.1) is 29.2 Å². The van der Waals surface area contributed by atoms with Gasteiger partial charge in [0.1, 0.15) is 17.6 Å². The van der Waals surface area contributed by atoms with Crippen LogP contribution >= 0.6 is 11.9 Å². The molecule has 2 aromatic carbocycles. The number of rotatable bonds is 6. The van der Waals surface area contributed by atoms with Crippen LogP contribution in [0.15, 0.2) is 84.0 Å². The van der Waals surface area contributed by atoms with Gasteiger partial charge in [-0.3, -0.25) is 9.78 Å². The Morgan fingerprint density at radius 3 is 2.62 bits per heavy atom. The molecule has 3 heterocycles. The van der Waals surface area contributed by atoms with Crippen molar-refractivity contribution in [2.75, 3.05) is 17.8 Å². The molecule has 170 valence electrons. The Bertz CT molecular complexity index is 1360. The lowest BCUT2D eigenvalue weighted by molar-refractivity contribution is -0.0238. The van der Waals surface area contributed by atoms with Gasteiger partial charge in [0.15, 0.2) is 0 Å². The highest BCUT2D eigenvalue weighted by Gasteiger charge is 2.34. The SMILES string of the molecule is O=C(OC1CN(C(=O)c2ccc(NSc3cccc4cccnc34)c(F)c2)C1)c1ccccn1. The molecule has 1 fully saturated rings. The van der Waals surface area contributed by atoms with Gasteiger partial charge in [-0.15, -0.1) is 0 Å². The molecule has 4 aromatic rings. The van der Waals surface area contributed by atoms with Gasteiger partial charge in [0.25, 0.3) is 5.91 Å². The highest BCUT2D eigenvalue weighted by Crippen LogP contribution is 2.29. The number of anilines is 1. The first-order chi connectivity index (χ1) is 16.6. The van der Waals surface area contributed by atoms with Crippen molar-refractivity contribution in [1.29, 1.82) is 0 Å². The van der Waals surface area contributed by atoms with E-state index < -0.39 is 17.9 Å². The summed E-state index contributed by atoms with van der Waals surface area (Å²) in [4.78, 5) is 35.5. The number of hydrogen-bond acceptors (Lipinski definition) is 7. The fraction of sp³-hybridized carbons (Fsp3) is 0.120. The summed E-state index contributed by atoms with van der Waals surface area (Å²) in [6.45, 7) is 0.506. The number of ether oxygens (including phenoxy) is 1. The fourth-order valence-corrected chi connectivity index (χ4v) is 4.36. The largest absolute Gasteiger partial charge is 0.454 e. The molecule has 0 saturated carbocycles. The standard InChI is InChI=1S/C25H19FN4O3S/c26-19-13-17(24(31)30-14-18(15-30)33-25(32)21-7-1-2-11-27-21)9-10-20(19)29-34-22-8-3-5-16-6-4-12-28-23(16)22/h1-13,18,29H,14-15H2. The highest BCUT2D eigenvalue weighted by molar-refractivity contribution is 8.00. The Balaban J connectivity index is 1.18. The van der Waals surface area contributed by atoms with Crippen LogP contribution in [0.4, 0.5) is 10.1 Å². The number of benzene rings is 2. The van der Waals surface area contributed by atoms with Gasteiger partial charge in [-0.25, -0.2) is 14.2 Å². The van der Waals surface area contributed by atoms with E-state index >= 15 is 0 Å². The molecule has 0 spiro atoms. The number of hydrogen-bond donors (Lipinski definition) is 1. The van der Waals surface area contributed by atoms with Crippen molar-refractivity contribution in [1.82, 2.24) is 14.9 Å². The maximum atomic E-state index is 14.7. The molecule has 9 heteroatoms. The van der Waals surface area contributed by atoms with Crippen LogP contribution in [0.2, 0.25) is 0 Å². The number of aromatic nitrogens is 2. The molecule has 1 N–H and O–H groups in total. The highest BCUT2D eigenvalue weighted by atomic mass is 32.2. The Labute approximate surface area is 199 Å². The first-order valence-corrected chi connectivity index (χ1v) is 11.4. The van der Waals surface area contributed by atoms with E-state index in [1.807, 2.05) is 30.3 Å². The van der Waals surface area contributed by atoms with Gasteiger partial charge in [0.2, 0.25) is 0 Å². The van der Waals surface area contributed by atoms with Crippen molar-refractivity contribution in [2.24, 2.45) is 0 Å². The molecule has 0 atom stereocenters. The molecular formula is C25H19FN4O3S. The van der Waals surface area contributed by atoms with E-state index in [4.69, 9.17) is 4.74 Å². The third-order valence-corrected chi connectivity index (χ3v) is 6.24. The van der Waals surface area contributed by atoms with Gasteiger partial charge in [-0.2, -0.15) is 0 Å². The minimum atomic E-state index is -0.537. The van der Waals surface area contributed by atoms with Crippen LogP contribution in [0.5, 0.6) is 0 Å². The summed E-state index contributed by atoms with van der Waals surface area (Å²) in [6, 6.07) is 18.9. The Morgan fingerprint density at radius 2 is 1.82 bits per heavy atom. The molecule has 0 unspecified atom stereocenters. The molecule has 0 radical (unpaired) electrons. The van der Waals surface area contributed by atoms with Crippen molar-refractivity contribution < 1.29 is 18.7 Å². The fourth-order valence-electron chi connectivity index (χ4n) is 3.56. The normalized spacial score (nSPS) is 13.4. The van der Waals surface area contributed by atoms with Crippen molar-refractivity contribution in [3.63, 3.8) is 0 Å². The number of esters is 1. The molecule has 1 saturated heterocycles. The summed E-state index contributed by atoms with van der Waals surface area (Å²) in [5, 5.41) is 0.995. The Kier molecular flexibility index (Phi) is 6.09. The van der Waals surface area contributed by atoms with E-state index in [-0.39, 0.29) is 35.9 Å². The number of para-hydroxylation sites is 1. The number of likely N-dealkylation sites (tertiary alicyclic amines) is 1. The van der Waals surface area contributed by atoms with Crippen LogP contribution in [0.3, 0.4) is 0 Å². The number of carbonyl (C=O) groups is 2. The van der Waals surface area contributed by atoms with Crippen LogP contribution in [0.25, 0.3) is 10.9 Å². The maximum absolute atomic E-state index is 14.7. The Hall–Kier alpha value is -3.98. The van der Waals surface area contributed by atoms with E-state index in [9.17, 15) is 14.0 Å². The zero-order valence-electron chi connectivity index (χ0n) is 17.8. The zero-order valence-corrected chi connectivity index (χ0v) is 18.7. The number of nitrogens with one attached hydrogen (secondary N) is 1. The number of pyridine rings is 2. The number of fused-ring (bicyclic) bond motifs is 1. The average molecular weight is 475 g/mol. The predicted molar refractivity (Wildman–Crippen MR) is 127 cm³/mol. The van der Waals surface area contributed by atoms with Crippen molar-refractivity contribution in [3.8, 4) is 0 Å². The van der Waals surface area contributed by atoms with Gasteiger partial charge in [-0.1, -0.05) is 24.3 Å². The molecule has 34 heavy (non-hydrogen) atoms. The van der Waals surface area contributed by atoms with Crippen LogP contribution in [0, 0.1) is 5.82 Å².